The van der Waals surface area contributed by atoms with Gasteiger partial charge in [0.1, 0.15) is 11.2 Å². The minimum absolute atomic E-state index is 0.221. The number of rotatable bonds is 3. The molecule has 0 aliphatic carbocycles. The first-order chi connectivity index (χ1) is 10.8. The zero-order valence-electron chi connectivity index (χ0n) is 13.0. The highest BCUT2D eigenvalue weighted by Crippen LogP contribution is 2.20. The first-order valence-corrected chi connectivity index (χ1v) is 8.96. The molecule has 0 saturated heterocycles. The molecule has 2 heterocycles. The number of fused-ring (bicyclic) bond motifs is 1. The fourth-order valence-electron chi connectivity index (χ4n) is 2.48. The normalized spacial score (nSPS) is 12.0. The zero-order valence-corrected chi connectivity index (χ0v) is 13.8. The van der Waals surface area contributed by atoms with E-state index >= 15 is 0 Å². The molecule has 3 aromatic rings. The molecule has 0 unspecified atom stereocenters. The van der Waals surface area contributed by atoms with Crippen LogP contribution in [0.3, 0.4) is 0 Å². The second kappa shape index (κ2) is 5.31. The second-order valence-electron chi connectivity index (χ2n) is 5.33. The third-order valence-corrected chi connectivity index (χ3v) is 4.79. The summed E-state index contributed by atoms with van der Waals surface area (Å²) in [7, 11) is -1.52. The summed E-state index contributed by atoms with van der Waals surface area (Å²) in [4.78, 5) is 19.8. The average Bonchev–Trinajstić information content (AvgIpc) is 2.83. The Labute approximate surface area is 132 Å². The third-order valence-electron chi connectivity index (χ3n) is 3.66. The van der Waals surface area contributed by atoms with Crippen LogP contribution in [0.4, 0.5) is 0 Å². The van der Waals surface area contributed by atoms with Gasteiger partial charge < -0.3 is 4.98 Å². The Morgan fingerprint density at radius 2 is 1.87 bits per heavy atom. The molecule has 1 aromatic carbocycles. The Bertz CT molecular complexity index is 1050. The van der Waals surface area contributed by atoms with E-state index in [4.69, 9.17) is 0 Å². The maximum Gasteiger partial charge on any atom is 0.262 e. The minimum Gasteiger partial charge on any atom is -0.306 e. The van der Waals surface area contributed by atoms with E-state index < -0.39 is 9.84 Å². The van der Waals surface area contributed by atoms with Crippen LogP contribution < -0.4 is 5.56 Å². The molecular weight excluding hydrogens is 316 g/mol. The maximum atomic E-state index is 12.3. The number of hydrogen-bond acceptors (Lipinski definition) is 5. The lowest BCUT2D eigenvalue weighted by molar-refractivity contribution is 0.602. The van der Waals surface area contributed by atoms with E-state index in [0.29, 0.717) is 34.5 Å². The molecule has 0 bridgehead atoms. The minimum atomic E-state index is -3.26. The van der Waals surface area contributed by atoms with E-state index in [1.165, 1.54) is 12.1 Å². The molecule has 120 valence electrons. The van der Waals surface area contributed by atoms with Gasteiger partial charge in [-0.3, -0.25) is 4.79 Å². The van der Waals surface area contributed by atoms with Crippen molar-refractivity contribution in [3.8, 4) is 11.4 Å². The summed E-state index contributed by atoms with van der Waals surface area (Å²) in [5, 5.41) is 4.80. The molecule has 0 amide bonds. The Morgan fingerprint density at radius 3 is 2.43 bits per heavy atom. The summed E-state index contributed by atoms with van der Waals surface area (Å²) in [6, 6.07) is 6.24. The van der Waals surface area contributed by atoms with E-state index in [1.807, 2.05) is 6.92 Å². The van der Waals surface area contributed by atoms with E-state index in [1.54, 1.807) is 23.9 Å². The Hall–Kier alpha value is -2.48. The van der Waals surface area contributed by atoms with Crippen LogP contribution >= 0.6 is 0 Å². The van der Waals surface area contributed by atoms with Gasteiger partial charge in [0.25, 0.3) is 5.56 Å². The molecule has 8 heteroatoms. The molecule has 23 heavy (non-hydrogen) atoms. The zero-order chi connectivity index (χ0) is 16.8. The summed E-state index contributed by atoms with van der Waals surface area (Å²) < 4.78 is 24.6. The predicted octanol–water partition coefficient (Wildman–Crippen LogP) is 1.29. The fourth-order valence-corrected chi connectivity index (χ4v) is 3.11. The molecule has 0 radical (unpaired) electrons. The predicted molar refractivity (Wildman–Crippen MR) is 87.1 cm³/mol. The van der Waals surface area contributed by atoms with Gasteiger partial charge in [0, 0.05) is 18.9 Å². The van der Waals surface area contributed by atoms with Gasteiger partial charge in [0.05, 0.1) is 10.6 Å². The summed E-state index contributed by atoms with van der Waals surface area (Å²) in [6.07, 6.45) is 1.79. The van der Waals surface area contributed by atoms with Crippen molar-refractivity contribution in [1.29, 1.82) is 0 Å². The van der Waals surface area contributed by atoms with Gasteiger partial charge in [-0.25, -0.2) is 18.1 Å². The molecule has 0 spiro atoms. The van der Waals surface area contributed by atoms with Crippen LogP contribution in [0.2, 0.25) is 0 Å². The smallest absolute Gasteiger partial charge is 0.262 e. The molecule has 2 aromatic heterocycles. The largest absolute Gasteiger partial charge is 0.306 e. The Kier molecular flexibility index (Phi) is 3.56. The first kappa shape index (κ1) is 15.4. The number of aromatic nitrogens is 4. The van der Waals surface area contributed by atoms with Crippen molar-refractivity contribution in [1.82, 2.24) is 19.7 Å². The van der Waals surface area contributed by atoms with Crippen LogP contribution in [0, 0.1) is 0 Å². The summed E-state index contributed by atoms with van der Waals surface area (Å²) in [5.74, 6) is 0.383. The van der Waals surface area contributed by atoms with Gasteiger partial charge in [-0.05, 0) is 30.7 Å². The standard InChI is InChI=1S/C15H16N4O3S/c1-4-11-12-14(19(2)18-11)16-13(17-15(12)20)9-5-7-10(8-6-9)23(3,21)22/h5-8H,4H2,1-3H3,(H,16,17,20). The molecule has 3 rings (SSSR count). The van der Waals surface area contributed by atoms with E-state index in [9.17, 15) is 13.2 Å². The van der Waals surface area contributed by atoms with Crippen LogP contribution in [-0.4, -0.2) is 34.4 Å². The molecule has 1 N–H and O–H groups in total. The third kappa shape index (κ3) is 2.65. The van der Waals surface area contributed by atoms with Crippen molar-refractivity contribution in [2.24, 2.45) is 7.05 Å². The van der Waals surface area contributed by atoms with Crippen LogP contribution in [0.5, 0.6) is 0 Å². The second-order valence-corrected chi connectivity index (χ2v) is 7.35. The molecule has 0 aliphatic rings. The van der Waals surface area contributed by atoms with Gasteiger partial charge in [0.2, 0.25) is 0 Å². The van der Waals surface area contributed by atoms with Gasteiger partial charge in [-0.2, -0.15) is 5.10 Å². The SMILES string of the molecule is CCc1nn(C)c2nc(-c3ccc(S(C)(=O)=O)cc3)[nH]c(=O)c12. The Balaban J connectivity index is 2.18. The van der Waals surface area contributed by atoms with Crippen molar-refractivity contribution in [3.05, 3.63) is 40.3 Å². The van der Waals surface area contributed by atoms with Crippen LogP contribution in [-0.2, 0) is 23.3 Å². The summed E-state index contributed by atoms with van der Waals surface area (Å²) in [6.45, 7) is 1.93. The number of sulfone groups is 1. The van der Waals surface area contributed by atoms with E-state index in [0.717, 1.165) is 6.26 Å². The highest BCUT2D eigenvalue weighted by molar-refractivity contribution is 7.90. The molecule has 0 fully saturated rings. The lowest BCUT2D eigenvalue weighted by Gasteiger charge is -2.03. The Morgan fingerprint density at radius 1 is 1.22 bits per heavy atom. The van der Waals surface area contributed by atoms with Crippen molar-refractivity contribution < 1.29 is 8.42 Å². The molecule has 0 aliphatic heterocycles. The number of H-pyrrole nitrogens is 1. The quantitative estimate of drug-likeness (QED) is 0.779. The van der Waals surface area contributed by atoms with E-state index in [-0.39, 0.29) is 10.5 Å². The highest BCUT2D eigenvalue weighted by atomic mass is 32.2. The maximum absolute atomic E-state index is 12.3. The lowest BCUT2D eigenvalue weighted by atomic mass is 10.2. The van der Waals surface area contributed by atoms with Crippen LogP contribution in [0.1, 0.15) is 12.6 Å². The van der Waals surface area contributed by atoms with Crippen molar-refractivity contribution >= 4 is 20.9 Å². The van der Waals surface area contributed by atoms with Gasteiger partial charge in [0.15, 0.2) is 15.5 Å². The average molecular weight is 332 g/mol. The van der Waals surface area contributed by atoms with Crippen LogP contribution in [0.25, 0.3) is 22.4 Å². The molecule has 0 saturated carbocycles. The van der Waals surface area contributed by atoms with Gasteiger partial charge >= 0.3 is 0 Å². The summed E-state index contributed by atoms with van der Waals surface area (Å²) in [5.41, 5.74) is 1.60. The van der Waals surface area contributed by atoms with Crippen molar-refractivity contribution in [2.75, 3.05) is 6.26 Å². The summed E-state index contributed by atoms with van der Waals surface area (Å²) >= 11 is 0. The monoisotopic (exact) mass is 332 g/mol. The van der Waals surface area contributed by atoms with Gasteiger partial charge in [-0.15, -0.1) is 0 Å². The number of hydrogen-bond donors (Lipinski definition) is 1. The molecule has 7 nitrogen and oxygen atoms in total. The highest BCUT2D eigenvalue weighted by Gasteiger charge is 2.15. The van der Waals surface area contributed by atoms with E-state index in [2.05, 4.69) is 15.1 Å². The number of benzene rings is 1. The lowest BCUT2D eigenvalue weighted by Crippen LogP contribution is -2.10. The number of aromatic amines is 1. The number of aryl methyl sites for hydroxylation is 2. The van der Waals surface area contributed by atoms with Gasteiger partial charge in [-0.1, -0.05) is 6.92 Å². The number of nitrogens with one attached hydrogen (secondary N) is 1. The number of nitrogens with zero attached hydrogens (tertiary/aromatic N) is 3. The van der Waals surface area contributed by atoms with Crippen molar-refractivity contribution in [3.63, 3.8) is 0 Å². The van der Waals surface area contributed by atoms with Crippen molar-refractivity contribution in [2.45, 2.75) is 18.2 Å². The molecular formula is C15H16N4O3S. The topological polar surface area (TPSA) is 97.7 Å². The molecule has 0 atom stereocenters. The van der Waals surface area contributed by atoms with Crippen LogP contribution in [0.15, 0.2) is 34.0 Å². The first-order valence-electron chi connectivity index (χ1n) is 7.07. The fraction of sp³-hybridized carbons (Fsp3) is 0.267.